The zero-order chi connectivity index (χ0) is 20.7. The van der Waals surface area contributed by atoms with Crippen molar-refractivity contribution in [3.05, 3.63) is 59.2 Å². The van der Waals surface area contributed by atoms with Crippen LogP contribution in [0.15, 0.2) is 42.5 Å². The maximum Gasteiger partial charge on any atom is 0.759 e. The van der Waals surface area contributed by atoms with Crippen LogP contribution >= 0.6 is 0 Å². The number of fused-ring (bicyclic) bond motifs is 1. The van der Waals surface area contributed by atoms with Gasteiger partial charge in [-0.1, -0.05) is 65.8 Å². The molecular formula is C23H32BNO3. The zero-order valence-corrected chi connectivity index (χ0v) is 18.4. The molecule has 1 aliphatic heterocycles. The number of benzene rings is 2. The Balaban J connectivity index is 2.33. The van der Waals surface area contributed by atoms with Gasteiger partial charge in [0, 0.05) is 12.1 Å². The molecule has 0 saturated carbocycles. The molecule has 0 unspecified atom stereocenters. The van der Waals surface area contributed by atoms with Crippen molar-refractivity contribution in [2.75, 3.05) is 14.2 Å². The first-order valence-corrected chi connectivity index (χ1v) is 9.82. The van der Waals surface area contributed by atoms with Crippen LogP contribution in [-0.4, -0.2) is 31.8 Å². The molecule has 4 nitrogen and oxygen atoms in total. The molecule has 2 aromatic rings. The highest BCUT2D eigenvalue weighted by molar-refractivity contribution is 6.54. The molecule has 3 rings (SSSR count). The summed E-state index contributed by atoms with van der Waals surface area (Å²) in [5.74, 6) is 0.830. The molecule has 0 bridgehead atoms. The van der Waals surface area contributed by atoms with E-state index in [0.29, 0.717) is 0 Å². The largest absolute Gasteiger partial charge is 0.759 e. The van der Waals surface area contributed by atoms with Gasteiger partial charge in [-0.3, -0.25) is 0 Å². The Morgan fingerprint density at radius 1 is 0.857 bits per heavy atom. The molecule has 0 atom stereocenters. The van der Waals surface area contributed by atoms with E-state index in [9.17, 15) is 0 Å². The van der Waals surface area contributed by atoms with E-state index < -0.39 is 6.89 Å². The summed E-state index contributed by atoms with van der Waals surface area (Å²) in [6.45, 7) is 11.2. The molecule has 150 valence electrons. The summed E-state index contributed by atoms with van der Waals surface area (Å²) in [5.41, 5.74) is 4.36. The Morgan fingerprint density at radius 3 is 1.96 bits per heavy atom. The van der Waals surface area contributed by atoms with E-state index in [1.807, 2.05) is 34.8 Å². The molecule has 0 aliphatic carbocycles. The van der Waals surface area contributed by atoms with Crippen LogP contribution in [0.3, 0.4) is 0 Å². The third-order valence-electron chi connectivity index (χ3n) is 5.33. The normalized spacial score (nSPS) is 16.2. The highest BCUT2D eigenvalue weighted by Gasteiger charge is 2.51. The molecular weight excluding hydrogens is 349 g/mol. The Labute approximate surface area is 169 Å². The summed E-state index contributed by atoms with van der Waals surface area (Å²) >= 11 is 0. The highest BCUT2D eigenvalue weighted by atomic mass is 16.8. The summed E-state index contributed by atoms with van der Waals surface area (Å²) in [6.07, 6.45) is 2.09. The van der Waals surface area contributed by atoms with Crippen LogP contribution in [0.2, 0.25) is 0 Å². The Kier molecular flexibility index (Phi) is 5.19. The summed E-state index contributed by atoms with van der Waals surface area (Å²) in [4.78, 5) is 0. The van der Waals surface area contributed by atoms with E-state index >= 15 is 0 Å². The van der Waals surface area contributed by atoms with Gasteiger partial charge < -0.3 is 18.4 Å². The molecule has 0 amide bonds. The lowest BCUT2D eigenvalue weighted by Gasteiger charge is -2.40. The summed E-state index contributed by atoms with van der Waals surface area (Å²) in [6, 6.07) is 14.5. The van der Waals surface area contributed by atoms with Gasteiger partial charge in [-0.25, -0.2) is 0 Å². The van der Waals surface area contributed by atoms with Crippen molar-refractivity contribution in [2.24, 2.45) is 0 Å². The van der Waals surface area contributed by atoms with Crippen LogP contribution < -0.4 is 4.65 Å². The molecule has 0 spiro atoms. The first-order valence-electron chi connectivity index (χ1n) is 9.82. The predicted octanol–water partition coefficient (Wildman–Crippen LogP) is 5.17. The topological polar surface area (TPSA) is 30.7 Å². The molecule has 1 aliphatic rings. The number of nitrogens with zero attached hydrogens (tertiary/aromatic N) is 1. The van der Waals surface area contributed by atoms with E-state index in [1.54, 1.807) is 14.2 Å². The second-order valence-corrected chi connectivity index (χ2v) is 9.51. The van der Waals surface area contributed by atoms with Gasteiger partial charge in [-0.2, -0.15) is 0 Å². The molecule has 0 fully saturated rings. The van der Waals surface area contributed by atoms with Crippen LogP contribution in [0.5, 0.6) is 5.75 Å². The minimum atomic E-state index is -2.17. The number of hydrogen-bond donors (Lipinski definition) is 0. The van der Waals surface area contributed by atoms with Gasteiger partial charge in [-0.05, 0) is 42.2 Å². The van der Waals surface area contributed by atoms with E-state index in [-0.39, 0.29) is 10.8 Å². The van der Waals surface area contributed by atoms with E-state index in [0.717, 1.165) is 22.6 Å². The van der Waals surface area contributed by atoms with Gasteiger partial charge in [-0.15, -0.1) is 0 Å². The van der Waals surface area contributed by atoms with Crippen molar-refractivity contribution < 1.29 is 18.4 Å². The first-order chi connectivity index (χ1) is 13.0. The monoisotopic (exact) mass is 381 g/mol. The molecule has 5 heteroatoms. The molecule has 0 N–H and O–H groups in total. The van der Waals surface area contributed by atoms with Crippen LogP contribution in [0.4, 0.5) is 5.69 Å². The summed E-state index contributed by atoms with van der Waals surface area (Å²) in [7, 11) is 3.25. The van der Waals surface area contributed by atoms with Crippen molar-refractivity contribution in [2.45, 2.75) is 52.4 Å². The second kappa shape index (κ2) is 7.05. The van der Waals surface area contributed by atoms with Crippen LogP contribution in [0.1, 0.15) is 58.2 Å². The van der Waals surface area contributed by atoms with Gasteiger partial charge in [0.1, 0.15) is 6.21 Å². The minimum absolute atomic E-state index is 0.0304. The smallest absolute Gasteiger partial charge is 0.606 e. The zero-order valence-electron chi connectivity index (χ0n) is 18.4. The van der Waals surface area contributed by atoms with Gasteiger partial charge >= 0.3 is 6.89 Å². The quantitative estimate of drug-likeness (QED) is 0.688. The van der Waals surface area contributed by atoms with Crippen molar-refractivity contribution >= 4 is 18.8 Å². The highest BCUT2D eigenvalue weighted by Crippen LogP contribution is 2.41. The fraction of sp³-hybridized carbons (Fsp3) is 0.435. The lowest BCUT2D eigenvalue weighted by Crippen LogP contribution is -2.58. The first kappa shape index (κ1) is 20.6. The SMILES string of the molecule is CO[B-]1(OC)Oc2c(cc(C(C)(C)C)cc2C(C)(C)C)C=[N+]1c1ccccc1. The molecule has 0 saturated heterocycles. The van der Waals surface area contributed by atoms with Crippen LogP contribution in [0.25, 0.3) is 0 Å². The lowest BCUT2D eigenvalue weighted by atomic mass is 9.77. The average molecular weight is 381 g/mol. The Bertz CT molecular complexity index is 889. The maximum atomic E-state index is 6.52. The Hall–Kier alpha value is -2.11. The predicted molar refractivity (Wildman–Crippen MR) is 116 cm³/mol. The van der Waals surface area contributed by atoms with Crippen molar-refractivity contribution in [3.63, 3.8) is 0 Å². The average Bonchev–Trinajstić information content (AvgIpc) is 2.65. The third kappa shape index (κ3) is 3.61. The van der Waals surface area contributed by atoms with Gasteiger partial charge in [0.25, 0.3) is 0 Å². The Morgan fingerprint density at radius 2 is 1.46 bits per heavy atom. The van der Waals surface area contributed by atoms with Crippen molar-refractivity contribution in [3.8, 4) is 5.75 Å². The van der Waals surface area contributed by atoms with E-state index in [2.05, 4.69) is 59.9 Å². The molecule has 28 heavy (non-hydrogen) atoms. The van der Waals surface area contributed by atoms with Gasteiger partial charge in [0.2, 0.25) is 0 Å². The number of hydrogen-bond acceptors (Lipinski definition) is 3. The summed E-state index contributed by atoms with van der Waals surface area (Å²) < 4.78 is 20.1. The third-order valence-corrected chi connectivity index (χ3v) is 5.33. The van der Waals surface area contributed by atoms with E-state index in [4.69, 9.17) is 14.0 Å². The molecule has 2 aromatic carbocycles. The van der Waals surface area contributed by atoms with E-state index in [1.165, 1.54) is 5.56 Å². The molecule has 1 heterocycles. The number of para-hydroxylation sites is 1. The lowest BCUT2D eigenvalue weighted by molar-refractivity contribution is -0.366. The summed E-state index contributed by atoms with van der Waals surface area (Å²) in [5, 5.41) is 0. The fourth-order valence-electron chi connectivity index (χ4n) is 3.59. The minimum Gasteiger partial charge on any atom is -0.606 e. The van der Waals surface area contributed by atoms with Crippen LogP contribution in [0, 0.1) is 0 Å². The number of rotatable bonds is 3. The van der Waals surface area contributed by atoms with Crippen molar-refractivity contribution in [1.29, 1.82) is 0 Å². The molecule has 0 radical (unpaired) electrons. The van der Waals surface area contributed by atoms with Crippen LogP contribution in [-0.2, 0) is 20.1 Å². The standard InChI is InChI=1S/C23H32BNO3/c1-22(2,3)18-14-17-16-25(19-12-10-9-11-13-19)24(26-7,27-8)28-21(17)20(15-18)23(4,5)6/h9-16H,1-8H3. The van der Waals surface area contributed by atoms with Crippen molar-refractivity contribution in [1.82, 2.24) is 0 Å². The maximum absolute atomic E-state index is 6.52. The van der Waals surface area contributed by atoms with Gasteiger partial charge in [0.05, 0.1) is 11.3 Å². The second-order valence-electron chi connectivity index (χ2n) is 9.51. The fourth-order valence-corrected chi connectivity index (χ4v) is 3.59. The molecule has 0 aromatic heterocycles. The van der Waals surface area contributed by atoms with Gasteiger partial charge in [0.15, 0.2) is 5.69 Å².